The molecule has 0 atom stereocenters. The molecule has 2 aliphatic rings. The number of hydrogen-bond donors (Lipinski definition) is 0. The third kappa shape index (κ3) is 3.22. The van der Waals surface area contributed by atoms with Crippen LogP contribution in [-0.4, -0.2) is 59.1 Å². The van der Waals surface area contributed by atoms with Crippen LogP contribution in [0.3, 0.4) is 0 Å². The van der Waals surface area contributed by atoms with Crippen molar-refractivity contribution in [1.29, 1.82) is 0 Å². The molecule has 4 heteroatoms. The van der Waals surface area contributed by atoms with Gasteiger partial charge < -0.3 is 14.4 Å². The van der Waals surface area contributed by atoms with E-state index in [4.69, 9.17) is 0 Å². The average molecular weight is 326 g/mol. The molecule has 2 fully saturated rings. The highest BCUT2D eigenvalue weighted by Crippen LogP contribution is 2.30. The van der Waals surface area contributed by atoms with Crippen LogP contribution in [-0.2, 0) is 0 Å². The topological polar surface area (TPSA) is 24.3 Å². The van der Waals surface area contributed by atoms with E-state index in [1.807, 2.05) is 12.4 Å². The molecular weight excluding hydrogens is 296 g/mol. The number of pyridine rings is 1. The molecule has 0 N–H and O–H groups in total. The van der Waals surface area contributed by atoms with E-state index < -0.39 is 0 Å². The summed E-state index contributed by atoms with van der Waals surface area (Å²) < 4.78 is 2.51. The molecule has 24 heavy (non-hydrogen) atoms. The lowest BCUT2D eigenvalue weighted by atomic mass is 9.95. The van der Waals surface area contributed by atoms with Crippen molar-refractivity contribution in [3.05, 3.63) is 30.2 Å². The molecule has 0 spiro atoms. The fourth-order valence-corrected chi connectivity index (χ4v) is 4.56. The van der Waals surface area contributed by atoms with Gasteiger partial charge in [0.15, 0.2) is 0 Å². The average Bonchev–Trinajstić information content (AvgIpc) is 2.95. The maximum Gasteiger partial charge on any atom is 0.0516 e. The molecule has 0 unspecified atom stereocenters. The zero-order valence-electron chi connectivity index (χ0n) is 15.1. The van der Waals surface area contributed by atoms with Crippen molar-refractivity contribution in [2.45, 2.75) is 38.6 Å². The van der Waals surface area contributed by atoms with Gasteiger partial charge >= 0.3 is 0 Å². The van der Waals surface area contributed by atoms with E-state index in [-0.39, 0.29) is 0 Å². The highest BCUT2D eigenvalue weighted by molar-refractivity contribution is 5.82. The van der Waals surface area contributed by atoms with Crippen LogP contribution in [0, 0.1) is 12.8 Å². The van der Waals surface area contributed by atoms with E-state index in [0.29, 0.717) is 6.04 Å². The van der Waals surface area contributed by atoms with Crippen molar-refractivity contribution in [3.63, 3.8) is 0 Å². The zero-order valence-corrected chi connectivity index (χ0v) is 15.1. The summed E-state index contributed by atoms with van der Waals surface area (Å²) in [5.41, 5.74) is 2.71. The van der Waals surface area contributed by atoms with Gasteiger partial charge in [0.2, 0.25) is 0 Å². The van der Waals surface area contributed by atoms with Crippen LogP contribution in [0.25, 0.3) is 10.9 Å². The maximum absolute atomic E-state index is 4.29. The van der Waals surface area contributed by atoms with Crippen LogP contribution in [0.2, 0.25) is 0 Å². The Hall–Kier alpha value is -1.39. The number of rotatable bonds is 3. The number of fused-ring (bicyclic) bond motifs is 1. The Bertz CT molecular complexity index is 676. The van der Waals surface area contributed by atoms with E-state index in [0.717, 1.165) is 5.92 Å². The van der Waals surface area contributed by atoms with Gasteiger partial charge in [-0.3, -0.25) is 4.98 Å². The van der Waals surface area contributed by atoms with E-state index in [1.165, 1.54) is 74.9 Å². The van der Waals surface area contributed by atoms with Gasteiger partial charge in [-0.25, -0.2) is 0 Å². The Kier molecular flexibility index (Phi) is 4.59. The first-order valence-corrected chi connectivity index (χ1v) is 9.53. The van der Waals surface area contributed by atoms with E-state index in [9.17, 15) is 0 Å². The number of aromatic nitrogens is 2. The second-order valence-corrected chi connectivity index (χ2v) is 7.89. The third-order valence-electron chi connectivity index (χ3n) is 6.14. The minimum absolute atomic E-state index is 0.650. The van der Waals surface area contributed by atoms with Crippen molar-refractivity contribution in [3.8, 4) is 0 Å². The number of hydrogen-bond acceptors (Lipinski definition) is 3. The molecule has 0 amide bonds. The Morgan fingerprint density at radius 1 is 1.08 bits per heavy atom. The first kappa shape index (κ1) is 16.1. The Morgan fingerprint density at radius 3 is 2.58 bits per heavy atom. The fourth-order valence-electron chi connectivity index (χ4n) is 4.56. The Balaban J connectivity index is 1.37. The van der Waals surface area contributed by atoms with Crippen LogP contribution in [0.4, 0.5) is 0 Å². The van der Waals surface area contributed by atoms with Gasteiger partial charge in [0.05, 0.1) is 5.52 Å². The first-order valence-electron chi connectivity index (χ1n) is 9.53. The van der Waals surface area contributed by atoms with Gasteiger partial charge in [-0.2, -0.15) is 0 Å². The summed E-state index contributed by atoms with van der Waals surface area (Å²) in [5.74, 6) is 0.915. The molecule has 0 bridgehead atoms. The van der Waals surface area contributed by atoms with Gasteiger partial charge in [0.1, 0.15) is 0 Å². The summed E-state index contributed by atoms with van der Waals surface area (Å²) in [5, 5.41) is 1.31. The van der Waals surface area contributed by atoms with Gasteiger partial charge in [-0.15, -0.1) is 0 Å². The Labute approximate surface area is 145 Å². The third-order valence-corrected chi connectivity index (χ3v) is 6.14. The van der Waals surface area contributed by atoms with Crippen LogP contribution in [0.5, 0.6) is 0 Å². The van der Waals surface area contributed by atoms with Gasteiger partial charge in [0, 0.05) is 49.7 Å². The van der Waals surface area contributed by atoms with Crippen molar-refractivity contribution in [1.82, 2.24) is 19.4 Å². The highest BCUT2D eigenvalue weighted by atomic mass is 15.2. The lowest BCUT2D eigenvalue weighted by Crippen LogP contribution is -2.40. The van der Waals surface area contributed by atoms with Gasteiger partial charge in [0.25, 0.3) is 0 Å². The van der Waals surface area contributed by atoms with Crippen molar-refractivity contribution >= 4 is 10.9 Å². The van der Waals surface area contributed by atoms with Crippen LogP contribution < -0.4 is 0 Å². The Morgan fingerprint density at radius 2 is 1.83 bits per heavy atom. The molecule has 2 aromatic heterocycles. The summed E-state index contributed by atoms with van der Waals surface area (Å²) in [7, 11) is 2.25. The lowest BCUT2D eigenvalue weighted by molar-refractivity contribution is 0.129. The van der Waals surface area contributed by atoms with Crippen LogP contribution in [0.1, 0.15) is 37.3 Å². The standard InChI is InChI=1S/C20H30N4/c1-16-14-24(20-3-8-21-13-19(16)20)18-6-11-23(12-7-18)15-17-4-9-22(2)10-5-17/h3,8,13-14,17-18H,4-7,9-12,15H2,1-2H3. The van der Waals surface area contributed by atoms with Crippen LogP contribution in [0.15, 0.2) is 24.7 Å². The highest BCUT2D eigenvalue weighted by Gasteiger charge is 2.25. The molecule has 130 valence electrons. The molecule has 4 nitrogen and oxygen atoms in total. The molecule has 0 radical (unpaired) electrons. The molecular formula is C20H30N4. The molecule has 4 heterocycles. The SMILES string of the molecule is Cc1cn(C2CCN(CC3CCN(C)CC3)CC2)c2ccncc12. The van der Waals surface area contributed by atoms with Crippen molar-refractivity contribution in [2.75, 3.05) is 39.8 Å². The number of nitrogens with zero attached hydrogens (tertiary/aromatic N) is 4. The minimum atomic E-state index is 0.650. The molecule has 0 saturated carbocycles. The second-order valence-electron chi connectivity index (χ2n) is 7.89. The van der Waals surface area contributed by atoms with Crippen LogP contribution >= 0.6 is 0 Å². The van der Waals surface area contributed by atoms with Gasteiger partial charge in [-0.1, -0.05) is 0 Å². The molecule has 4 rings (SSSR count). The molecule has 2 aliphatic heterocycles. The summed E-state index contributed by atoms with van der Waals surface area (Å²) in [6.07, 6.45) is 11.6. The lowest BCUT2D eigenvalue weighted by Gasteiger charge is -2.37. The first-order chi connectivity index (χ1) is 11.7. The largest absolute Gasteiger partial charge is 0.344 e. The molecule has 2 saturated heterocycles. The number of aryl methyl sites for hydroxylation is 1. The quantitative estimate of drug-likeness (QED) is 0.865. The predicted molar refractivity (Wildman–Crippen MR) is 99.4 cm³/mol. The van der Waals surface area contributed by atoms with E-state index in [1.54, 1.807) is 0 Å². The smallest absolute Gasteiger partial charge is 0.0516 e. The number of likely N-dealkylation sites (tertiary alicyclic amines) is 2. The minimum Gasteiger partial charge on any atom is -0.344 e. The van der Waals surface area contributed by atoms with Gasteiger partial charge in [-0.05, 0) is 70.3 Å². The van der Waals surface area contributed by atoms with E-state index >= 15 is 0 Å². The fraction of sp³-hybridized carbons (Fsp3) is 0.650. The molecule has 0 aliphatic carbocycles. The maximum atomic E-state index is 4.29. The van der Waals surface area contributed by atoms with E-state index in [2.05, 4.69) is 45.6 Å². The summed E-state index contributed by atoms with van der Waals surface area (Å²) in [6, 6.07) is 2.82. The molecule has 0 aromatic carbocycles. The van der Waals surface area contributed by atoms with Crippen molar-refractivity contribution in [2.24, 2.45) is 5.92 Å². The second kappa shape index (κ2) is 6.85. The molecule has 2 aromatic rings. The summed E-state index contributed by atoms with van der Waals surface area (Å²) in [6.45, 7) is 8.58. The summed E-state index contributed by atoms with van der Waals surface area (Å²) in [4.78, 5) is 9.47. The monoisotopic (exact) mass is 326 g/mol. The number of piperidine rings is 2. The normalized spacial score (nSPS) is 22.4. The van der Waals surface area contributed by atoms with Crippen molar-refractivity contribution < 1.29 is 0 Å². The predicted octanol–water partition coefficient (Wildman–Crippen LogP) is 3.32. The zero-order chi connectivity index (χ0) is 16.5. The summed E-state index contributed by atoms with van der Waals surface area (Å²) >= 11 is 0.